The summed E-state index contributed by atoms with van der Waals surface area (Å²) in [7, 11) is 1.53. The fraction of sp³-hybridized carbons (Fsp3) is 0.160. The van der Waals surface area contributed by atoms with Crippen molar-refractivity contribution in [1.82, 2.24) is 30.5 Å². The highest BCUT2D eigenvalue weighted by Gasteiger charge is 2.17. The number of aromatic amines is 2. The molecule has 8 heteroatoms. The molecule has 0 spiro atoms. The highest BCUT2D eigenvalue weighted by atomic mass is 19.1. The van der Waals surface area contributed by atoms with Crippen molar-refractivity contribution in [2.24, 2.45) is 0 Å². The van der Waals surface area contributed by atoms with Gasteiger partial charge in [0.05, 0.1) is 30.2 Å². The Kier molecular flexibility index (Phi) is 4.66. The summed E-state index contributed by atoms with van der Waals surface area (Å²) in [5, 5.41) is 12.8. The van der Waals surface area contributed by atoms with Crippen LogP contribution in [0.3, 0.4) is 0 Å². The Balaban J connectivity index is 1.48. The van der Waals surface area contributed by atoms with Crippen molar-refractivity contribution in [3.05, 3.63) is 66.4 Å². The molecule has 6 rings (SSSR count). The maximum Gasteiger partial charge on any atom is 0.138 e. The molecular formula is C25H21FN6O. The SMILES string of the molecule is COc1cc(F)cc(-c2ccnc3[nH]c(-c4n[nH]c5cnc(C6=CCNCC6)cc45)cc23)c1. The molecule has 4 aromatic heterocycles. The number of hydrogen-bond donors (Lipinski definition) is 3. The van der Waals surface area contributed by atoms with Gasteiger partial charge in [0, 0.05) is 29.6 Å². The average Bonchev–Trinajstić information content (AvgIpc) is 3.47. The summed E-state index contributed by atoms with van der Waals surface area (Å²) in [6, 6.07) is 10.7. The van der Waals surface area contributed by atoms with Crippen molar-refractivity contribution < 1.29 is 9.13 Å². The van der Waals surface area contributed by atoms with Gasteiger partial charge in [-0.15, -0.1) is 0 Å². The fourth-order valence-electron chi connectivity index (χ4n) is 4.40. The molecule has 0 amide bonds. The molecular weight excluding hydrogens is 419 g/mol. The van der Waals surface area contributed by atoms with Crippen LogP contribution in [0.5, 0.6) is 5.75 Å². The normalized spacial score (nSPS) is 14.1. The molecule has 1 aliphatic heterocycles. The van der Waals surface area contributed by atoms with E-state index in [4.69, 9.17) is 4.74 Å². The van der Waals surface area contributed by atoms with E-state index < -0.39 is 0 Å². The van der Waals surface area contributed by atoms with Gasteiger partial charge in [-0.05, 0) is 60.0 Å². The first kappa shape index (κ1) is 19.6. The van der Waals surface area contributed by atoms with Crippen molar-refractivity contribution in [3.63, 3.8) is 0 Å². The molecule has 1 aliphatic rings. The molecule has 0 saturated carbocycles. The van der Waals surface area contributed by atoms with E-state index in [0.717, 1.165) is 64.0 Å². The van der Waals surface area contributed by atoms with E-state index >= 15 is 0 Å². The molecule has 5 heterocycles. The zero-order valence-electron chi connectivity index (χ0n) is 17.9. The Morgan fingerprint density at radius 2 is 2.00 bits per heavy atom. The summed E-state index contributed by atoms with van der Waals surface area (Å²) in [4.78, 5) is 12.5. The van der Waals surface area contributed by atoms with Gasteiger partial charge in [-0.1, -0.05) is 6.08 Å². The molecule has 0 saturated heterocycles. The highest BCUT2D eigenvalue weighted by molar-refractivity contribution is 6.00. The van der Waals surface area contributed by atoms with E-state index in [-0.39, 0.29) is 5.82 Å². The Hall–Kier alpha value is -4.04. The predicted octanol–water partition coefficient (Wildman–Crippen LogP) is 4.69. The Bertz CT molecular complexity index is 1530. The van der Waals surface area contributed by atoms with E-state index in [1.54, 1.807) is 6.20 Å². The Morgan fingerprint density at radius 1 is 1.06 bits per heavy atom. The molecule has 5 aromatic rings. The van der Waals surface area contributed by atoms with Crippen LogP contribution < -0.4 is 10.1 Å². The lowest BCUT2D eigenvalue weighted by molar-refractivity contribution is 0.411. The summed E-state index contributed by atoms with van der Waals surface area (Å²) in [5.74, 6) is 0.117. The van der Waals surface area contributed by atoms with E-state index in [0.29, 0.717) is 11.4 Å². The minimum Gasteiger partial charge on any atom is -0.497 e. The molecule has 33 heavy (non-hydrogen) atoms. The van der Waals surface area contributed by atoms with Crippen LogP contribution in [0.15, 0.2) is 54.9 Å². The first-order valence-corrected chi connectivity index (χ1v) is 10.8. The van der Waals surface area contributed by atoms with Gasteiger partial charge in [-0.3, -0.25) is 10.1 Å². The van der Waals surface area contributed by atoms with Gasteiger partial charge in [0.1, 0.15) is 22.9 Å². The molecule has 164 valence electrons. The Labute approximate surface area is 188 Å². The van der Waals surface area contributed by atoms with Crippen molar-refractivity contribution in [1.29, 1.82) is 0 Å². The largest absolute Gasteiger partial charge is 0.497 e. The molecule has 0 radical (unpaired) electrons. The lowest BCUT2D eigenvalue weighted by Gasteiger charge is -2.13. The lowest BCUT2D eigenvalue weighted by atomic mass is 10.0. The zero-order chi connectivity index (χ0) is 22.4. The molecule has 0 unspecified atom stereocenters. The number of rotatable bonds is 4. The summed E-state index contributed by atoms with van der Waals surface area (Å²) in [6.07, 6.45) is 6.67. The number of ether oxygens (including phenoxy) is 1. The summed E-state index contributed by atoms with van der Waals surface area (Å²) in [5.41, 5.74) is 6.99. The fourth-order valence-corrected chi connectivity index (χ4v) is 4.40. The summed E-state index contributed by atoms with van der Waals surface area (Å²) in [6.45, 7) is 1.81. The second-order valence-corrected chi connectivity index (χ2v) is 8.05. The van der Waals surface area contributed by atoms with Crippen LogP contribution >= 0.6 is 0 Å². The first-order chi connectivity index (χ1) is 16.2. The summed E-state index contributed by atoms with van der Waals surface area (Å²) >= 11 is 0. The number of halogens is 1. The smallest absolute Gasteiger partial charge is 0.138 e. The van der Waals surface area contributed by atoms with E-state index in [1.165, 1.54) is 24.8 Å². The molecule has 0 atom stereocenters. The maximum absolute atomic E-state index is 14.2. The van der Waals surface area contributed by atoms with Crippen molar-refractivity contribution >= 4 is 27.5 Å². The number of nitrogens with zero attached hydrogens (tertiary/aromatic N) is 3. The second kappa shape index (κ2) is 7.83. The number of fused-ring (bicyclic) bond motifs is 2. The van der Waals surface area contributed by atoms with E-state index in [1.807, 2.05) is 24.4 Å². The second-order valence-electron chi connectivity index (χ2n) is 8.05. The maximum atomic E-state index is 14.2. The number of methoxy groups -OCH3 is 1. The third kappa shape index (κ3) is 3.44. The number of pyridine rings is 2. The van der Waals surface area contributed by atoms with Crippen molar-refractivity contribution in [2.75, 3.05) is 20.2 Å². The van der Waals surface area contributed by atoms with Gasteiger partial charge in [0.2, 0.25) is 0 Å². The molecule has 0 fully saturated rings. The van der Waals surface area contributed by atoms with Gasteiger partial charge in [-0.2, -0.15) is 5.10 Å². The third-order valence-electron chi connectivity index (χ3n) is 6.05. The zero-order valence-corrected chi connectivity index (χ0v) is 17.9. The first-order valence-electron chi connectivity index (χ1n) is 10.8. The van der Waals surface area contributed by atoms with Crippen LogP contribution in [0.4, 0.5) is 4.39 Å². The number of benzene rings is 1. The lowest BCUT2D eigenvalue weighted by Crippen LogP contribution is -2.20. The van der Waals surface area contributed by atoms with Gasteiger partial charge >= 0.3 is 0 Å². The van der Waals surface area contributed by atoms with Crippen LogP contribution in [0.1, 0.15) is 12.1 Å². The Morgan fingerprint density at radius 3 is 2.85 bits per heavy atom. The van der Waals surface area contributed by atoms with Gasteiger partial charge in [0.15, 0.2) is 0 Å². The van der Waals surface area contributed by atoms with Crippen LogP contribution in [0.2, 0.25) is 0 Å². The molecule has 1 aromatic carbocycles. The average molecular weight is 440 g/mol. The quantitative estimate of drug-likeness (QED) is 0.377. The van der Waals surface area contributed by atoms with Gasteiger partial charge < -0.3 is 15.0 Å². The van der Waals surface area contributed by atoms with Crippen molar-refractivity contribution in [3.8, 4) is 28.3 Å². The van der Waals surface area contributed by atoms with Crippen LogP contribution in [-0.4, -0.2) is 45.3 Å². The standard InChI is InChI=1S/C25H21FN6O/c1-33-17-9-15(8-16(26)10-17)18-4-7-28-25-19(18)11-22(30-25)24-20-12-21(14-2-5-27-6-3-14)29-13-23(20)31-32-24/h2,4,7-13,27H,3,5-6H2,1H3,(H,28,30)(H,31,32). The van der Waals surface area contributed by atoms with Crippen LogP contribution in [0.25, 0.3) is 50.0 Å². The number of H-pyrrole nitrogens is 2. The van der Waals surface area contributed by atoms with E-state index in [9.17, 15) is 4.39 Å². The minimum absolute atomic E-state index is 0.351. The summed E-state index contributed by atoms with van der Waals surface area (Å²) < 4.78 is 19.4. The van der Waals surface area contributed by atoms with Gasteiger partial charge in [0.25, 0.3) is 0 Å². The molecule has 0 bridgehead atoms. The number of aromatic nitrogens is 5. The van der Waals surface area contributed by atoms with Crippen LogP contribution in [0, 0.1) is 5.82 Å². The minimum atomic E-state index is -0.351. The highest BCUT2D eigenvalue weighted by Crippen LogP contribution is 2.35. The predicted molar refractivity (Wildman–Crippen MR) is 126 cm³/mol. The van der Waals surface area contributed by atoms with Crippen molar-refractivity contribution in [2.45, 2.75) is 6.42 Å². The van der Waals surface area contributed by atoms with Crippen LogP contribution in [-0.2, 0) is 0 Å². The number of hydrogen-bond acceptors (Lipinski definition) is 5. The molecule has 7 nitrogen and oxygen atoms in total. The molecule has 3 N–H and O–H groups in total. The van der Waals surface area contributed by atoms with E-state index in [2.05, 4.69) is 42.6 Å². The number of nitrogens with one attached hydrogen (secondary N) is 3. The monoisotopic (exact) mass is 440 g/mol. The topological polar surface area (TPSA) is 91.5 Å². The third-order valence-corrected chi connectivity index (χ3v) is 6.05. The van der Waals surface area contributed by atoms with Gasteiger partial charge in [-0.25, -0.2) is 9.37 Å². The molecule has 0 aliphatic carbocycles.